The zero-order valence-electron chi connectivity index (χ0n) is 11.2. The number of methoxy groups -OCH3 is 1. The topological polar surface area (TPSA) is 63.2 Å². The van der Waals surface area contributed by atoms with Crippen LogP contribution in [-0.4, -0.2) is 18.1 Å². The lowest BCUT2D eigenvalue weighted by Crippen LogP contribution is -2.28. The van der Waals surface area contributed by atoms with E-state index < -0.39 is 6.03 Å². The highest BCUT2D eigenvalue weighted by molar-refractivity contribution is 9.10. The van der Waals surface area contributed by atoms with Crippen LogP contribution in [0.1, 0.15) is 5.56 Å². The van der Waals surface area contributed by atoms with E-state index in [1.165, 1.54) is 25.3 Å². The average molecular weight is 354 g/mol. The zero-order valence-corrected chi connectivity index (χ0v) is 12.8. The molecule has 0 aliphatic rings. The van der Waals surface area contributed by atoms with Gasteiger partial charge in [-0.15, -0.1) is 0 Å². The molecule has 2 aromatic rings. The molecule has 2 N–H and O–H groups in total. The summed E-state index contributed by atoms with van der Waals surface area (Å²) in [6.45, 7) is 0.323. The number of anilines is 1. The molecule has 2 rings (SSSR count). The van der Waals surface area contributed by atoms with Crippen molar-refractivity contribution in [1.29, 1.82) is 0 Å². The summed E-state index contributed by atoms with van der Waals surface area (Å²) >= 11 is 3.18. The van der Waals surface area contributed by atoms with Gasteiger partial charge in [0.05, 0.1) is 12.8 Å². The molecule has 7 heteroatoms. The Morgan fingerprint density at radius 3 is 2.90 bits per heavy atom. The van der Waals surface area contributed by atoms with Gasteiger partial charge in [0.2, 0.25) is 5.88 Å². The molecule has 0 aliphatic carbocycles. The number of aromatic nitrogens is 1. The molecule has 1 aromatic carbocycles. The van der Waals surface area contributed by atoms with E-state index in [4.69, 9.17) is 4.74 Å². The smallest absolute Gasteiger partial charge is 0.319 e. The number of pyridine rings is 1. The molecule has 5 nitrogen and oxygen atoms in total. The van der Waals surface area contributed by atoms with E-state index in [2.05, 4.69) is 31.5 Å². The SMILES string of the molecule is COc1cc(CNC(=O)Nc2ccc(F)cc2Br)ccn1. The van der Waals surface area contributed by atoms with Crippen molar-refractivity contribution in [2.24, 2.45) is 0 Å². The number of amides is 2. The molecule has 0 bridgehead atoms. The first-order valence-electron chi connectivity index (χ1n) is 6.07. The third-order valence-electron chi connectivity index (χ3n) is 2.64. The molecule has 110 valence electrons. The lowest BCUT2D eigenvalue weighted by Gasteiger charge is -2.09. The Hall–Kier alpha value is -2.15. The van der Waals surface area contributed by atoms with Gasteiger partial charge in [-0.2, -0.15) is 0 Å². The third kappa shape index (κ3) is 4.42. The van der Waals surface area contributed by atoms with Crippen LogP contribution in [0.25, 0.3) is 0 Å². The first-order chi connectivity index (χ1) is 10.1. The van der Waals surface area contributed by atoms with Crippen molar-refractivity contribution >= 4 is 27.6 Å². The molecule has 0 spiro atoms. The van der Waals surface area contributed by atoms with Gasteiger partial charge < -0.3 is 15.4 Å². The summed E-state index contributed by atoms with van der Waals surface area (Å²) in [4.78, 5) is 15.8. The Bertz CT molecular complexity index is 652. The molecule has 1 heterocycles. The Morgan fingerprint density at radius 2 is 2.19 bits per heavy atom. The van der Waals surface area contributed by atoms with E-state index in [0.29, 0.717) is 22.6 Å². The van der Waals surface area contributed by atoms with Crippen LogP contribution in [0.3, 0.4) is 0 Å². The number of nitrogens with zero attached hydrogens (tertiary/aromatic N) is 1. The maximum atomic E-state index is 12.9. The molecule has 1 aromatic heterocycles. The minimum absolute atomic E-state index is 0.323. The summed E-state index contributed by atoms with van der Waals surface area (Å²) < 4.78 is 18.4. The standard InChI is InChI=1S/C14H13BrFN3O2/c1-21-13-6-9(4-5-17-13)8-18-14(20)19-12-3-2-10(16)7-11(12)15/h2-7H,8H2,1H3,(H2,18,19,20). The summed E-state index contributed by atoms with van der Waals surface area (Å²) in [7, 11) is 1.53. The number of rotatable bonds is 4. The number of hydrogen-bond donors (Lipinski definition) is 2. The van der Waals surface area contributed by atoms with Crippen LogP contribution in [0.5, 0.6) is 5.88 Å². The molecule has 0 unspecified atom stereocenters. The van der Waals surface area contributed by atoms with Gasteiger partial charge in [-0.3, -0.25) is 0 Å². The zero-order chi connectivity index (χ0) is 15.2. The Balaban J connectivity index is 1.92. The number of benzene rings is 1. The van der Waals surface area contributed by atoms with Crippen LogP contribution in [0.4, 0.5) is 14.9 Å². The fraction of sp³-hybridized carbons (Fsp3) is 0.143. The van der Waals surface area contributed by atoms with Gasteiger partial charge in [0, 0.05) is 23.3 Å². The van der Waals surface area contributed by atoms with Gasteiger partial charge in [-0.1, -0.05) is 0 Å². The summed E-state index contributed by atoms with van der Waals surface area (Å²) in [6.07, 6.45) is 1.60. The van der Waals surface area contributed by atoms with Crippen molar-refractivity contribution in [1.82, 2.24) is 10.3 Å². The van der Waals surface area contributed by atoms with Crippen LogP contribution in [0.2, 0.25) is 0 Å². The van der Waals surface area contributed by atoms with Crippen LogP contribution in [-0.2, 0) is 6.54 Å². The van der Waals surface area contributed by atoms with Gasteiger partial charge in [-0.25, -0.2) is 14.2 Å². The number of carbonyl (C=O) groups is 1. The fourth-order valence-electron chi connectivity index (χ4n) is 1.61. The molecular weight excluding hydrogens is 341 g/mol. The van der Waals surface area contributed by atoms with Crippen LogP contribution < -0.4 is 15.4 Å². The van der Waals surface area contributed by atoms with E-state index >= 15 is 0 Å². The van der Waals surface area contributed by atoms with Gasteiger partial charge in [-0.05, 0) is 45.8 Å². The number of ether oxygens (including phenoxy) is 1. The minimum Gasteiger partial charge on any atom is -0.481 e. The van der Waals surface area contributed by atoms with Crippen LogP contribution in [0.15, 0.2) is 41.0 Å². The van der Waals surface area contributed by atoms with Crippen molar-refractivity contribution in [3.8, 4) is 5.88 Å². The van der Waals surface area contributed by atoms with Crippen LogP contribution >= 0.6 is 15.9 Å². The Labute approximate surface area is 129 Å². The maximum absolute atomic E-state index is 12.9. The van der Waals surface area contributed by atoms with Crippen molar-refractivity contribution in [2.75, 3.05) is 12.4 Å². The normalized spacial score (nSPS) is 10.0. The van der Waals surface area contributed by atoms with Crippen LogP contribution in [0, 0.1) is 5.82 Å². The molecule has 0 fully saturated rings. The van der Waals surface area contributed by atoms with E-state index in [1.54, 1.807) is 18.3 Å². The average Bonchev–Trinajstić information content (AvgIpc) is 2.48. The summed E-state index contributed by atoms with van der Waals surface area (Å²) in [6, 6.07) is 7.15. The first kappa shape index (κ1) is 15.2. The van der Waals surface area contributed by atoms with E-state index in [0.717, 1.165) is 5.56 Å². The summed E-state index contributed by atoms with van der Waals surface area (Å²) in [5.74, 6) is 0.104. The predicted molar refractivity (Wildman–Crippen MR) is 80.7 cm³/mol. The second-order valence-corrected chi connectivity index (χ2v) is 4.99. The fourth-order valence-corrected chi connectivity index (χ4v) is 2.06. The summed E-state index contributed by atoms with van der Waals surface area (Å²) in [5.41, 5.74) is 1.34. The van der Waals surface area contributed by atoms with Gasteiger partial charge >= 0.3 is 6.03 Å². The molecular formula is C14H13BrFN3O2. The lowest BCUT2D eigenvalue weighted by molar-refractivity contribution is 0.251. The van der Waals surface area contributed by atoms with Gasteiger partial charge in [0.25, 0.3) is 0 Å². The van der Waals surface area contributed by atoms with E-state index in [1.807, 2.05) is 0 Å². The molecule has 0 atom stereocenters. The molecule has 0 aliphatic heterocycles. The highest BCUT2D eigenvalue weighted by Crippen LogP contribution is 2.22. The number of hydrogen-bond acceptors (Lipinski definition) is 3. The quantitative estimate of drug-likeness (QED) is 0.886. The highest BCUT2D eigenvalue weighted by atomic mass is 79.9. The lowest BCUT2D eigenvalue weighted by atomic mass is 10.2. The van der Waals surface area contributed by atoms with Crippen molar-refractivity contribution in [3.63, 3.8) is 0 Å². The highest BCUT2D eigenvalue weighted by Gasteiger charge is 2.06. The molecule has 0 saturated heterocycles. The van der Waals surface area contributed by atoms with Crippen molar-refractivity contribution in [3.05, 3.63) is 52.4 Å². The molecule has 2 amide bonds. The van der Waals surface area contributed by atoms with Crippen molar-refractivity contribution in [2.45, 2.75) is 6.54 Å². The third-order valence-corrected chi connectivity index (χ3v) is 3.30. The molecule has 0 radical (unpaired) electrons. The molecule has 21 heavy (non-hydrogen) atoms. The predicted octanol–water partition coefficient (Wildman–Crippen LogP) is 3.31. The summed E-state index contributed by atoms with van der Waals surface area (Å²) in [5, 5.41) is 5.32. The minimum atomic E-state index is -0.391. The maximum Gasteiger partial charge on any atom is 0.319 e. The number of carbonyl (C=O) groups excluding carboxylic acids is 1. The molecule has 0 saturated carbocycles. The van der Waals surface area contributed by atoms with Gasteiger partial charge in [0.1, 0.15) is 5.82 Å². The number of halogens is 2. The van der Waals surface area contributed by atoms with Crippen molar-refractivity contribution < 1.29 is 13.9 Å². The number of nitrogens with one attached hydrogen (secondary N) is 2. The van der Waals surface area contributed by atoms with E-state index in [-0.39, 0.29) is 5.82 Å². The first-order valence-corrected chi connectivity index (χ1v) is 6.86. The largest absolute Gasteiger partial charge is 0.481 e. The van der Waals surface area contributed by atoms with E-state index in [9.17, 15) is 9.18 Å². The monoisotopic (exact) mass is 353 g/mol. The number of urea groups is 1. The van der Waals surface area contributed by atoms with Gasteiger partial charge in [0.15, 0.2) is 0 Å². The second-order valence-electron chi connectivity index (χ2n) is 4.14. The Morgan fingerprint density at radius 1 is 1.38 bits per heavy atom. The Kier molecular flexibility index (Phi) is 5.10. The second kappa shape index (κ2) is 7.03.